The lowest BCUT2D eigenvalue weighted by molar-refractivity contribution is 0.251. The smallest absolute Gasteiger partial charge is 0.0702 e. The maximum atomic E-state index is 9.45. The number of nitrogens with zero attached hydrogens (tertiary/aromatic N) is 2. The summed E-state index contributed by atoms with van der Waals surface area (Å²) in [4.78, 5) is 4.70. The second-order valence-corrected chi connectivity index (χ2v) is 5.99. The highest BCUT2D eigenvalue weighted by Crippen LogP contribution is 2.28. The van der Waals surface area contributed by atoms with Crippen LogP contribution in [0.5, 0.6) is 0 Å². The molecule has 4 heteroatoms. The topological polar surface area (TPSA) is 26.7 Å². The van der Waals surface area contributed by atoms with Crippen LogP contribution in [-0.2, 0) is 6.61 Å². The van der Waals surface area contributed by atoms with Gasteiger partial charge >= 0.3 is 0 Å². The van der Waals surface area contributed by atoms with E-state index in [4.69, 9.17) is 0 Å². The predicted molar refractivity (Wildman–Crippen MR) is 79.0 cm³/mol. The summed E-state index contributed by atoms with van der Waals surface area (Å²) in [6.07, 6.45) is 2.37. The second-order valence-electron chi connectivity index (χ2n) is 5.08. The molecule has 1 aliphatic rings. The van der Waals surface area contributed by atoms with Gasteiger partial charge in [0, 0.05) is 28.8 Å². The van der Waals surface area contributed by atoms with Crippen molar-refractivity contribution in [1.82, 2.24) is 4.90 Å². The minimum atomic E-state index is 0.0968. The highest BCUT2D eigenvalue weighted by molar-refractivity contribution is 9.10. The zero-order valence-electron chi connectivity index (χ0n) is 11.1. The van der Waals surface area contributed by atoms with Gasteiger partial charge in [-0.1, -0.05) is 22.0 Å². The molecule has 1 fully saturated rings. The van der Waals surface area contributed by atoms with Crippen LogP contribution >= 0.6 is 15.9 Å². The number of benzene rings is 1. The van der Waals surface area contributed by atoms with Crippen LogP contribution in [-0.4, -0.2) is 43.2 Å². The van der Waals surface area contributed by atoms with E-state index in [0.717, 1.165) is 28.8 Å². The number of hydrogen-bond donors (Lipinski definition) is 1. The van der Waals surface area contributed by atoms with E-state index < -0.39 is 0 Å². The maximum absolute atomic E-state index is 9.45. The monoisotopic (exact) mass is 312 g/mol. The first-order valence-corrected chi connectivity index (χ1v) is 7.21. The number of aliphatic hydroxyl groups is 1. The predicted octanol–water partition coefficient (Wildman–Crippen LogP) is 2.47. The molecule has 0 aromatic heterocycles. The molecule has 0 aliphatic carbocycles. The average Bonchev–Trinajstić information content (AvgIpc) is 2.39. The number of piperidine rings is 1. The van der Waals surface area contributed by atoms with Crippen molar-refractivity contribution in [2.75, 3.05) is 32.1 Å². The van der Waals surface area contributed by atoms with Gasteiger partial charge < -0.3 is 14.9 Å². The number of halogens is 1. The van der Waals surface area contributed by atoms with Gasteiger partial charge in [0.2, 0.25) is 0 Å². The summed E-state index contributed by atoms with van der Waals surface area (Å²) in [5.41, 5.74) is 2.14. The number of likely N-dealkylation sites (tertiary alicyclic amines) is 1. The number of aliphatic hydroxyl groups excluding tert-OH is 1. The first kappa shape index (κ1) is 13.8. The van der Waals surface area contributed by atoms with Crippen molar-refractivity contribution in [3.05, 3.63) is 28.2 Å². The van der Waals surface area contributed by atoms with E-state index in [-0.39, 0.29) is 6.61 Å². The van der Waals surface area contributed by atoms with E-state index in [1.165, 1.54) is 12.8 Å². The molecule has 0 radical (unpaired) electrons. The molecule has 3 nitrogen and oxygen atoms in total. The van der Waals surface area contributed by atoms with Crippen LogP contribution in [0.3, 0.4) is 0 Å². The Bertz CT molecular complexity index is 403. The summed E-state index contributed by atoms with van der Waals surface area (Å²) in [5, 5.41) is 9.45. The van der Waals surface area contributed by atoms with Crippen LogP contribution in [0.15, 0.2) is 22.7 Å². The maximum Gasteiger partial charge on any atom is 0.0702 e. The molecule has 1 N–H and O–H groups in total. The molecule has 1 aliphatic heterocycles. The van der Waals surface area contributed by atoms with Crippen LogP contribution in [0.25, 0.3) is 0 Å². The Kier molecular flexibility index (Phi) is 4.65. The summed E-state index contributed by atoms with van der Waals surface area (Å²) < 4.78 is 1.06. The van der Waals surface area contributed by atoms with E-state index in [1.807, 2.05) is 12.1 Å². The Balaban J connectivity index is 2.17. The summed E-state index contributed by atoms with van der Waals surface area (Å²) in [7, 11) is 4.31. The van der Waals surface area contributed by atoms with Gasteiger partial charge in [-0.2, -0.15) is 0 Å². The normalized spacial score (nSPS) is 18.0. The van der Waals surface area contributed by atoms with Crippen LogP contribution in [0.4, 0.5) is 5.69 Å². The highest BCUT2D eigenvalue weighted by Gasteiger charge is 2.22. The van der Waals surface area contributed by atoms with Gasteiger partial charge in [0.25, 0.3) is 0 Å². The van der Waals surface area contributed by atoms with E-state index >= 15 is 0 Å². The molecule has 0 spiro atoms. The Morgan fingerprint density at radius 1 is 1.39 bits per heavy atom. The SMILES string of the molecule is CN1CCC(N(C)c2cc(Br)ccc2CO)CC1. The lowest BCUT2D eigenvalue weighted by atomic mass is 10.0. The molecule has 1 aromatic carbocycles. The van der Waals surface area contributed by atoms with Gasteiger partial charge in [-0.3, -0.25) is 0 Å². The third-order valence-corrected chi connectivity index (χ3v) is 4.33. The zero-order valence-corrected chi connectivity index (χ0v) is 12.7. The average molecular weight is 313 g/mol. The van der Waals surface area contributed by atoms with Gasteiger partial charge in [0.15, 0.2) is 0 Å². The Labute approximate surface area is 118 Å². The first-order valence-electron chi connectivity index (χ1n) is 6.42. The first-order chi connectivity index (χ1) is 8.61. The minimum Gasteiger partial charge on any atom is -0.392 e. The van der Waals surface area contributed by atoms with Crippen molar-refractivity contribution in [3.63, 3.8) is 0 Å². The summed E-state index contributed by atoms with van der Waals surface area (Å²) in [6.45, 7) is 2.40. The highest BCUT2D eigenvalue weighted by atomic mass is 79.9. The molecule has 0 unspecified atom stereocenters. The Morgan fingerprint density at radius 3 is 2.67 bits per heavy atom. The molecule has 0 bridgehead atoms. The van der Waals surface area contributed by atoms with Crippen molar-refractivity contribution in [2.24, 2.45) is 0 Å². The fourth-order valence-corrected chi connectivity index (χ4v) is 2.93. The molecule has 18 heavy (non-hydrogen) atoms. The van der Waals surface area contributed by atoms with Gasteiger partial charge in [-0.15, -0.1) is 0 Å². The molecular weight excluding hydrogens is 292 g/mol. The van der Waals surface area contributed by atoms with E-state index in [2.05, 4.69) is 45.9 Å². The van der Waals surface area contributed by atoms with Gasteiger partial charge in [0.1, 0.15) is 0 Å². The van der Waals surface area contributed by atoms with E-state index in [1.54, 1.807) is 0 Å². The van der Waals surface area contributed by atoms with Crippen molar-refractivity contribution in [3.8, 4) is 0 Å². The Hall–Kier alpha value is -0.580. The molecule has 0 atom stereocenters. The van der Waals surface area contributed by atoms with E-state index in [0.29, 0.717) is 6.04 Å². The Morgan fingerprint density at radius 2 is 2.06 bits per heavy atom. The van der Waals surface area contributed by atoms with Crippen LogP contribution in [0.1, 0.15) is 18.4 Å². The van der Waals surface area contributed by atoms with Crippen molar-refractivity contribution >= 4 is 21.6 Å². The van der Waals surface area contributed by atoms with Crippen molar-refractivity contribution in [2.45, 2.75) is 25.5 Å². The summed E-state index contributed by atoms with van der Waals surface area (Å²) >= 11 is 3.51. The molecular formula is C14H21BrN2O. The third kappa shape index (κ3) is 3.05. The molecule has 1 heterocycles. The molecule has 0 saturated carbocycles. The van der Waals surface area contributed by atoms with Gasteiger partial charge in [-0.05, 0) is 45.1 Å². The van der Waals surface area contributed by atoms with E-state index in [9.17, 15) is 5.11 Å². The lowest BCUT2D eigenvalue weighted by Gasteiger charge is -2.37. The molecule has 1 saturated heterocycles. The van der Waals surface area contributed by atoms with Crippen LogP contribution in [0, 0.1) is 0 Å². The summed E-state index contributed by atoms with van der Waals surface area (Å²) in [6, 6.07) is 6.65. The minimum absolute atomic E-state index is 0.0968. The van der Waals surface area contributed by atoms with Crippen LogP contribution in [0.2, 0.25) is 0 Å². The number of hydrogen-bond acceptors (Lipinski definition) is 3. The van der Waals surface area contributed by atoms with Gasteiger partial charge in [-0.25, -0.2) is 0 Å². The van der Waals surface area contributed by atoms with Crippen molar-refractivity contribution < 1.29 is 5.11 Å². The summed E-state index contributed by atoms with van der Waals surface area (Å²) in [5.74, 6) is 0. The molecule has 1 aromatic rings. The fraction of sp³-hybridized carbons (Fsp3) is 0.571. The standard InChI is InChI=1S/C14H21BrN2O/c1-16-7-5-13(6-8-16)17(2)14-9-12(15)4-3-11(14)10-18/h3-4,9,13,18H,5-8,10H2,1-2H3. The molecule has 2 rings (SSSR count). The lowest BCUT2D eigenvalue weighted by Crippen LogP contribution is -2.42. The fourth-order valence-electron chi connectivity index (χ4n) is 2.58. The third-order valence-electron chi connectivity index (χ3n) is 3.83. The van der Waals surface area contributed by atoms with Crippen LogP contribution < -0.4 is 4.90 Å². The number of rotatable bonds is 3. The van der Waals surface area contributed by atoms with Crippen molar-refractivity contribution in [1.29, 1.82) is 0 Å². The largest absolute Gasteiger partial charge is 0.392 e. The molecule has 100 valence electrons. The van der Waals surface area contributed by atoms with Gasteiger partial charge in [0.05, 0.1) is 6.61 Å². The zero-order chi connectivity index (χ0) is 13.1. The molecule has 0 amide bonds. The number of anilines is 1. The second kappa shape index (κ2) is 6.04. The quantitative estimate of drug-likeness (QED) is 0.929.